The summed E-state index contributed by atoms with van der Waals surface area (Å²) in [6, 6.07) is 5.53. The molecule has 23 heavy (non-hydrogen) atoms. The first-order chi connectivity index (χ1) is 11.2. The van der Waals surface area contributed by atoms with Gasteiger partial charge in [0, 0.05) is 24.8 Å². The van der Waals surface area contributed by atoms with Crippen molar-refractivity contribution in [2.45, 2.75) is 6.54 Å². The summed E-state index contributed by atoms with van der Waals surface area (Å²) in [7, 11) is 1.81. The lowest BCUT2D eigenvalue weighted by Crippen LogP contribution is -2.23. The van der Waals surface area contributed by atoms with Gasteiger partial charge in [-0.1, -0.05) is 0 Å². The van der Waals surface area contributed by atoms with Gasteiger partial charge < -0.3 is 5.32 Å². The van der Waals surface area contributed by atoms with E-state index in [1.54, 1.807) is 29.3 Å². The summed E-state index contributed by atoms with van der Waals surface area (Å²) in [5, 5.41) is 14.9. The average Bonchev–Trinajstić information content (AvgIpc) is 3.16. The Kier molecular flexibility index (Phi) is 3.00. The minimum absolute atomic E-state index is 0.202. The second-order valence-electron chi connectivity index (χ2n) is 5.16. The van der Waals surface area contributed by atoms with Gasteiger partial charge in [0.25, 0.3) is 5.91 Å². The Labute approximate surface area is 130 Å². The predicted molar refractivity (Wildman–Crippen MR) is 83.6 cm³/mol. The summed E-state index contributed by atoms with van der Waals surface area (Å²) in [6.07, 6.45) is 4.90. The molecule has 0 aliphatic carbocycles. The van der Waals surface area contributed by atoms with Crippen molar-refractivity contribution < 1.29 is 4.79 Å². The topological polar surface area (TPSA) is 101 Å². The summed E-state index contributed by atoms with van der Waals surface area (Å²) in [4.78, 5) is 20.7. The first-order valence-corrected chi connectivity index (χ1v) is 7.06. The van der Waals surface area contributed by atoms with E-state index in [1.807, 2.05) is 19.2 Å². The lowest BCUT2D eigenvalue weighted by Gasteiger charge is -2.04. The van der Waals surface area contributed by atoms with Gasteiger partial charge in [-0.15, -0.1) is 0 Å². The molecule has 8 nitrogen and oxygen atoms in total. The van der Waals surface area contributed by atoms with Crippen LogP contribution in [0.3, 0.4) is 0 Å². The van der Waals surface area contributed by atoms with Crippen molar-refractivity contribution in [3.63, 3.8) is 0 Å². The molecule has 4 rings (SSSR count). The molecule has 0 atom stereocenters. The molecule has 4 aromatic heterocycles. The van der Waals surface area contributed by atoms with E-state index in [9.17, 15) is 4.79 Å². The third-order valence-electron chi connectivity index (χ3n) is 3.70. The standard InChI is InChI=1S/C15H13N7O/c1-22-13-5-9(6-17-12(13)8-19-22)15(23)18-7-11-10-3-2-4-16-14(10)21-20-11/h2-6,8H,7H2,1H3,(H,18,23)(H,16,20,21). The summed E-state index contributed by atoms with van der Waals surface area (Å²) in [5.41, 5.74) is 3.51. The molecular formula is C15H13N7O. The number of pyridine rings is 2. The smallest absolute Gasteiger partial charge is 0.253 e. The van der Waals surface area contributed by atoms with Crippen molar-refractivity contribution in [2.75, 3.05) is 0 Å². The third-order valence-corrected chi connectivity index (χ3v) is 3.70. The van der Waals surface area contributed by atoms with E-state index in [1.165, 1.54) is 0 Å². The van der Waals surface area contributed by atoms with Crippen molar-refractivity contribution in [3.8, 4) is 0 Å². The lowest BCUT2D eigenvalue weighted by atomic mass is 10.2. The summed E-state index contributed by atoms with van der Waals surface area (Å²) < 4.78 is 1.69. The Bertz CT molecular complexity index is 1020. The predicted octanol–water partition coefficient (Wildman–Crippen LogP) is 1.17. The van der Waals surface area contributed by atoms with Crippen LogP contribution >= 0.6 is 0 Å². The van der Waals surface area contributed by atoms with Crippen LogP contribution in [0.25, 0.3) is 22.1 Å². The number of hydrogen-bond donors (Lipinski definition) is 2. The van der Waals surface area contributed by atoms with Gasteiger partial charge in [-0.3, -0.25) is 19.6 Å². The molecule has 0 spiro atoms. The number of carbonyl (C=O) groups excluding carboxylic acids is 1. The van der Waals surface area contributed by atoms with Gasteiger partial charge in [0.1, 0.15) is 5.52 Å². The van der Waals surface area contributed by atoms with Gasteiger partial charge in [0.05, 0.1) is 29.5 Å². The van der Waals surface area contributed by atoms with Crippen LogP contribution in [-0.4, -0.2) is 35.9 Å². The number of rotatable bonds is 3. The number of nitrogens with one attached hydrogen (secondary N) is 2. The van der Waals surface area contributed by atoms with Crippen molar-refractivity contribution in [2.24, 2.45) is 7.05 Å². The van der Waals surface area contributed by atoms with E-state index >= 15 is 0 Å². The zero-order valence-corrected chi connectivity index (χ0v) is 12.3. The van der Waals surface area contributed by atoms with E-state index in [0.717, 1.165) is 22.1 Å². The highest BCUT2D eigenvalue weighted by molar-refractivity contribution is 5.96. The fraction of sp³-hybridized carbons (Fsp3) is 0.133. The number of fused-ring (bicyclic) bond motifs is 2. The maximum atomic E-state index is 12.3. The molecule has 2 N–H and O–H groups in total. The van der Waals surface area contributed by atoms with E-state index in [-0.39, 0.29) is 5.91 Å². The first kappa shape index (κ1) is 13.4. The van der Waals surface area contributed by atoms with Crippen molar-refractivity contribution >= 4 is 28.0 Å². The molecule has 0 radical (unpaired) electrons. The molecule has 114 valence electrons. The largest absolute Gasteiger partial charge is 0.346 e. The van der Waals surface area contributed by atoms with Crippen molar-refractivity contribution in [1.29, 1.82) is 0 Å². The monoisotopic (exact) mass is 307 g/mol. The second kappa shape index (κ2) is 5.16. The highest BCUT2D eigenvalue weighted by Crippen LogP contribution is 2.14. The maximum absolute atomic E-state index is 12.3. The van der Waals surface area contributed by atoms with Crippen LogP contribution in [0.5, 0.6) is 0 Å². The van der Waals surface area contributed by atoms with Crippen LogP contribution in [0, 0.1) is 0 Å². The Balaban J connectivity index is 1.56. The number of amides is 1. The number of carbonyl (C=O) groups is 1. The van der Waals surface area contributed by atoms with Crippen LogP contribution in [-0.2, 0) is 13.6 Å². The minimum Gasteiger partial charge on any atom is -0.346 e. The fourth-order valence-corrected chi connectivity index (χ4v) is 2.46. The molecule has 8 heteroatoms. The number of aromatic amines is 1. The van der Waals surface area contributed by atoms with Crippen LogP contribution in [0.1, 0.15) is 16.1 Å². The molecule has 0 saturated heterocycles. The molecule has 0 aliphatic rings. The molecule has 0 aromatic carbocycles. The average molecular weight is 307 g/mol. The number of H-pyrrole nitrogens is 1. The van der Waals surface area contributed by atoms with Gasteiger partial charge in [0.15, 0.2) is 5.65 Å². The minimum atomic E-state index is -0.202. The normalized spacial score (nSPS) is 11.2. The molecular weight excluding hydrogens is 294 g/mol. The van der Waals surface area contributed by atoms with Crippen LogP contribution in [0.15, 0.2) is 36.8 Å². The summed E-state index contributed by atoms with van der Waals surface area (Å²) >= 11 is 0. The molecule has 4 heterocycles. The molecule has 0 bridgehead atoms. The number of nitrogens with zero attached hydrogens (tertiary/aromatic N) is 5. The van der Waals surface area contributed by atoms with Gasteiger partial charge in [-0.2, -0.15) is 10.2 Å². The Morgan fingerprint density at radius 1 is 1.35 bits per heavy atom. The van der Waals surface area contributed by atoms with Crippen molar-refractivity contribution in [1.82, 2.24) is 35.3 Å². The highest BCUT2D eigenvalue weighted by Gasteiger charge is 2.11. The Morgan fingerprint density at radius 3 is 3.17 bits per heavy atom. The third kappa shape index (κ3) is 2.30. The summed E-state index contributed by atoms with van der Waals surface area (Å²) in [5.74, 6) is -0.202. The number of aromatic nitrogens is 6. The van der Waals surface area contributed by atoms with E-state index < -0.39 is 0 Å². The van der Waals surface area contributed by atoms with Gasteiger partial charge >= 0.3 is 0 Å². The number of hydrogen-bond acceptors (Lipinski definition) is 5. The molecule has 0 aliphatic heterocycles. The maximum Gasteiger partial charge on any atom is 0.253 e. The Hall–Kier alpha value is -3.29. The molecule has 0 unspecified atom stereocenters. The fourth-order valence-electron chi connectivity index (χ4n) is 2.46. The van der Waals surface area contributed by atoms with E-state index in [4.69, 9.17) is 0 Å². The second-order valence-corrected chi connectivity index (χ2v) is 5.16. The van der Waals surface area contributed by atoms with Crippen LogP contribution in [0.4, 0.5) is 0 Å². The quantitative estimate of drug-likeness (QED) is 0.591. The number of aryl methyl sites for hydroxylation is 1. The van der Waals surface area contributed by atoms with Crippen molar-refractivity contribution in [3.05, 3.63) is 48.0 Å². The molecule has 0 saturated carbocycles. The van der Waals surface area contributed by atoms with E-state index in [2.05, 4.69) is 30.6 Å². The van der Waals surface area contributed by atoms with Crippen LogP contribution < -0.4 is 5.32 Å². The molecule has 4 aromatic rings. The molecule has 1 amide bonds. The van der Waals surface area contributed by atoms with Gasteiger partial charge in [0.2, 0.25) is 0 Å². The van der Waals surface area contributed by atoms with Gasteiger partial charge in [-0.25, -0.2) is 4.98 Å². The lowest BCUT2D eigenvalue weighted by molar-refractivity contribution is 0.0950. The van der Waals surface area contributed by atoms with Crippen LogP contribution in [0.2, 0.25) is 0 Å². The van der Waals surface area contributed by atoms with Gasteiger partial charge in [-0.05, 0) is 18.2 Å². The highest BCUT2D eigenvalue weighted by atomic mass is 16.1. The molecule has 0 fully saturated rings. The zero-order chi connectivity index (χ0) is 15.8. The Morgan fingerprint density at radius 2 is 2.26 bits per heavy atom. The van der Waals surface area contributed by atoms with E-state index in [0.29, 0.717) is 17.8 Å². The first-order valence-electron chi connectivity index (χ1n) is 7.06. The SMILES string of the molecule is Cn1ncc2ncc(C(=O)NCc3[nH]nc4ncccc34)cc21. The zero-order valence-electron chi connectivity index (χ0n) is 12.3. The summed E-state index contributed by atoms with van der Waals surface area (Å²) in [6.45, 7) is 0.338.